The molecule has 1 aliphatic rings. The predicted octanol–water partition coefficient (Wildman–Crippen LogP) is 1.35. The van der Waals surface area contributed by atoms with Crippen LogP contribution in [0.4, 0.5) is 4.79 Å². The molecular formula is C11H21NO4. The molecule has 5 nitrogen and oxygen atoms in total. The van der Waals surface area contributed by atoms with Gasteiger partial charge in [-0.25, -0.2) is 4.79 Å². The average Bonchev–Trinajstić information content (AvgIpc) is 2.37. The van der Waals surface area contributed by atoms with E-state index in [0.29, 0.717) is 6.61 Å². The summed E-state index contributed by atoms with van der Waals surface area (Å²) in [6.45, 7) is 9.21. The van der Waals surface area contributed by atoms with Gasteiger partial charge in [-0.3, -0.25) is 4.90 Å². The van der Waals surface area contributed by atoms with Crippen molar-refractivity contribution in [1.29, 1.82) is 0 Å². The summed E-state index contributed by atoms with van der Waals surface area (Å²) in [5.74, 6) is 0. The third kappa shape index (κ3) is 2.86. The minimum absolute atomic E-state index is 0.122. The fourth-order valence-corrected chi connectivity index (χ4v) is 1.70. The van der Waals surface area contributed by atoms with E-state index in [2.05, 4.69) is 0 Å². The Labute approximate surface area is 96.3 Å². The summed E-state index contributed by atoms with van der Waals surface area (Å²) < 4.78 is 10.7. The number of hydrogen-bond acceptors (Lipinski definition) is 4. The van der Waals surface area contributed by atoms with Gasteiger partial charge in [0.1, 0.15) is 11.3 Å². The van der Waals surface area contributed by atoms with E-state index in [1.807, 2.05) is 20.8 Å². The van der Waals surface area contributed by atoms with Crippen LogP contribution in [0.2, 0.25) is 0 Å². The Kier molecular flexibility index (Phi) is 3.50. The second kappa shape index (κ2) is 4.22. The van der Waals surface area contributed by atoms with E-state index in [-0.39, 0.29) is 12.6 Å². The third-order valence-corrected chi connectivity index (χ3v) is 2.38. The van der Waals surface area contributed by atoms with Gasteiger partial charge in [0, 0.05) is 0 Å². The number of aliphatic hydroxyl groups is 1. The first-order valence-electron chi connectivity index (χ1n) is 5.44. The summed E-state index contributed by atoms with van der Waals surface area (Å²) >= 11 is 0. The van der Waals surface area contributed by atoms with Crippen LogP contribution < -0.4 is 0 Å². The number of carbonyl (C=O) groups is 1. The second-order valence-corrected chi connectivity index (χ2v) is 5.44. The normalized spacial score (nSPS) is 24.6. The van der Waals surface area contributed by atoms with Gasteiger partial charge < -0.3 is 14.6 Å². The Bertz CT molecular complexity index is 270. The lowest BCUT2D eigenvalue weighted by atomic mass is 10.2. The molecule has 1 saturated heterocycles. The van der Waals surface area contributed by atoms with Crippen molar-refractivity contribution < 1.29 is 19.4 Å². The molecule has 94 valence electrons. The molecule has 0 radical (unpaired) electrons. The lowest BCUT2D eigenvalue weighted by molar-refractivity contribution is -0.0641. The highest BCUT2D eigenvalue weighted by atomic mass is 16.6. The van der Waals surface area contributed by atoms with Crippen LogP contribution in [-0.2, 0) is 9.47 Å². The van der Waals surface area contributed by atoms with Crippen LogP contribution in [0.5, 0.6) is 0 Å². The molecule has 1 amide bonds. The topological polar surface area (TPSA) is 59.0 Å². The van der Waals surface area contributed by atoms with Gasteiger partial charge >= 0.3 is 6.09 Å². The summed E-state index contributed by atoms with van der Waals surface area (Å²) in [5.41, 5.74) is -1.27. The molecule has 1 aliphatic heterocycles. The minimum Gasteiger partial charge on any atom is -0.444 e. The largest absolute Gasteiger partial charge is 0.444 e. The smallest absolute Gasteiger partial charge is 0.412 e. The van der Waals surface area contributed by atoms with Crippen LogP contribution in [0.1, 0.15) is 34.6 Å². The molecule has 1 N–H and O–H groups in total. The molecule has 0 aromatic carbocycles. The van der Waals surface area contributed by atoms with Crippen LogP contribution in [-0.4, -0.2) is 46.7 Å². The number of ether oxygens (including phenoxy) is 2. The van der Waals surface area contributed by atoms with Crippen LogP contribution in [0.15, 0.2) is 0 Å². The molecule has 0 aromatic heterocycles. The molecule has 1 fully saturated rings. The van der Waals surface area contributed by atoms with E-state index >= 15 is 0 Å². The molecule has 0 aromatic rings. The molecule has 0 spiro atoms. The lowest BCUT2D eigenvalue weighted by Gasteiger charge is -2.34. The summed E-state index contributed by atoms with van der Waals surface area (Å²) in [6, 6.07) is -0.329. The number of aliphatic hydroxyl groups excluding tert-OH is 1. The van der Waals surface area contributed by atoms with E-state index < -0.39 is 17.4 Å². The first-order valence-corrected chi connectivity index (χ1v) is 5.44. The average molecular weight is 231 g/mol. The van der Waals surface area contributed by atoms with Crippen LogP contribution >= 0.6 is 0 Å². The monoisotopic (exact) mass is 231 g/mol. The van der Waals surface area contributed by atoms with Crippen molar-refractivity contribution in [3.05, 3.63) is 0 Å². The highest BCUT2D eigenvalue weighted by molar-refractivity contribution is 5.69. The first kappa shape index (κ1) is 13.3. The molecule has 1 heterocycles. The maximum Gasteiger partial charge on any atom is 0.412 e. The van der Waals surface area contributed by atoms with Gasteiger partial charge in [-0.05, 0) is 34.6 Å². The Hall–Kier alpha value is -0.810. The van der Waals surface area contributed by atoms with Crippen molar-refractivity contribution in [1.82, 2.24) is 4.90 Å². The minimum atomic E-state index is -0.726. The van der Waals surface area contributed by atoms with Gasteiger partial charge in [-0.1, -0.05) is 0 Å². The van der Waals surface area contributed by atoms with Crippen molar-refractivity contribution in [3.63, 3.8) is 0 Å². The predicted molar refractivity (Wildman–Crippen MR) is 59.0 cm³/mol. The number of carbonyl (C=O) groups excluding carboxylic acids is 1. The van der Waals surface area contributed by atoms with Gasteiger partial charge in [-0.2, -0.15) is 0 Å². The molecule has 1 rings (SSSR count). The standard InChI is InChI=1S/C11H21NO4/c1-10(2,3)16-9(14)12-8(6-13)7-15-11(12,4)5/h8,13H,6-7H2,1-5H3/t8-/m0/s1. The maximum absolute atomic E-state index is 12.0. The summed E-state index contributed by atoms with van der Waals surface area (Å²) in [7, 11) is 0. The molecule has 5 heteroatoms. The molecular weight excluding hydrogens is 210 g/mol. The summed E-state index contributed by atoms with van der Waals surface area (Å²) in [6.07, 6.45) is -0.450. The number of nitrogens with zero attached hydrogens (tertiary/aromatic N) is 1. The van der Waals surface area contributed by atoms with E-state index in [0.717, 1.165) is 0 Å². The van der Waals surface area contributed by atoms with Crippen molar-refractivity contribution in [2.75, 3.05) is 13.2 Å². The zero-order chi connectivity index (χ0) is 12.6. The van der Waals surface area contributed by atoms with Crippen molar-refractivity contribution in [2.24, 2.45) is 0 Å². The first-order chi connectivity index (χ1) is 7.17. The summed E-state index contributed by atoms with van der Waals surface area (Å²) in [5, 5.41) is 9.19. The molecule has 1 atom stereocenters. The molecule has 0 saturated carbocycles. The molecule has 0 bridgehead atoms. The molecule has 0 unspecified atom stereocenters. The van der Waals surface area contributed by atoms with Crippen LogP contribution in [0.25, 0.3) is 0 Å². The lowest BCUT2D eigenvalue weighted by Crippen LogP contribution is -2.50. The fraction of sp³-hybridized carbons (Fsp3) is 0.909. The van der Waals surface area contributed by atoms with E-state index in [9.17, 15) is 9.90 Å². The summed E-state index contributed by atoms with van der Waals surface area (Å²) in [4.78, 5) is 13.4. The fourth-order valence-electron chi connectivity index (χ4n) is 1.70. The Morgan fingerprint density at radius 1 is 1.56 bits per heavy atom. The van der Waals surface area contributed by atoms with Crippen LogP contribution in [0.3, 0.4) is 0 Å². The highest BCUT2D eigenvalue weighted by Crippen LogP contribution is 2.28. The van der Waals surface area contributed by atoms with Gasteiger partial charge in [0.05, 0.1) is 19.3 Å². The van der Waals surface area contributed by atoms with Crippen molar-refractivity contribution in [2.45, 2.75) is 52.0 Å². The zero-order valence-electron chi connectivity index (χ0n) is 10.6. The van der Waals surface area contributed by atoms with Crippen molar-refractivity contribution >= 4 is 6.09 Å². The maximum atomic E-state index is 12.0. The van der Waals surface area contributed by atoms with E-state index in [1.54, 1.807) is 13.8 Å². The van der Waals surface area contributed by atoms with Gasteiger partial charge in [0.25, 0.3) is 0 Å². The third-order valence-electron chi connectivity index (χ3n) is 2.38. The number of hydrogen-bond donors (Lipinski definition) is 1. The Balaban J connectivity index is 2.79. The van der Waals surface area contributed by atoms with Gasteiger partial charge in [0.15, 0.2) is 0 Å². The number of amides is 1. The van der Waals surface area contributed by atoms with Gasteiger partial charge in [0.2, 0.25) is 0 Å². The van der Waals surface area contributed by atoms with Crippen molar-refractivity contribution in [3.8, 4) is 0 Å². The molecule has 16 heavy (non-hydrogen) atoms. The van der Waals surface area contributed by atoms with E-state index in [4.69, 9.17) is 9.47 Å². The van der Waals surface area contributed by atoms with Crippen LogP contribution in [0, 0.1) is 0 Å². The van der Waals surface area contributed by atoms with Gasteiger partial charge in [-0.15, -0.1) is 0 Å². The Morgan fingerprint density at radius 3 is 2.56 bits per heavy atom. The second-order valence-electron chi connectivity index (χ2n) is 5.44. The SMILES string of the molecule is CC(C)(C)OC(=O)N1[C@@H](CO)COC1(C)C. The Morgan fingerprint density at radius 2 is 2.12 bits per heavy atom. The highest BCUT2D eigenvalue weighted by Gasteiger charge is 2.45. The zero-order valence-corrected chi connectivity index (χ0v) is 10.6. The van der Waals surface area contributed by atoms with E-state index in [1.165, 1.54) is 4.90 Å². The molecule has 0 aliphatic carbocycles. The number of rotatable bonds is 1. The quantitative estimate of drug-likeness (QED) is 0.740.